The van der Waals surface area contributed by atoms with E-state index in [1.54, 1.807) is 0 Å². The fourth-order valence-electron chi connectivity index (χ4n) is 2.58. The summed E-state index contributed by atoms with van der Waals surface area (Å²) in [7, 11) is 0. The van der Waals surface area contributed by atoms with Gasteiger partial charge >= 0.3 is 0 Å². The van der Waals surface area contributed by atoms with Crippen LogP contribution in [0.25, 0.3) is 0 Å². The second kappa shape index (κ2) is 11.2. The lowest BCUT2D eigenvalue weighted by molar-refractivity contribution is -0.121. The van der Waals surface area contributed by atoms with Gasteiger partial charge in [-0.3, -0.25) is 9.48 Å². The largest absolute Gasteiger partial charge is 0.375 e. The molecule has 24 heavy (non-hydrogen) atoms. The monoisotopic (exact) mass is 338 g/mol. The van der Waals surface area contributed by atoms with Crippen LogP contribution in [0.4, 0.5) is 0 Å². The third-order valence-electron chi connectivity index (χ3n) is 3.68. The Bertz CT molecular complexity index is 471. The number of rotatable bonds is 12. The highest BCUT2D eigenvalue weighted by molar-refractivity contribution is 5.76. The van der Waals surface area contributed by atoms with Crippen LogP contribution in [0.2, 0.25) is 0 Å². The van der Waals surface area contributed by atoms with Gasteiger partial charge in [0.25, 0.3) is 0 Å². The number of aryl methyl sites for hydroxylation is 1. The maximum atomic E-state index is 11.5. The number of hydrogen-bond acceptors (Lipinski definition) is 4. The molecule has 0 saturated carbocycles. The van der Waals surface area contributed by atoms with Crippen LogP contribution in [0, 0.1) is 0 Å². The number of hydrogen-bond donors (Lipinski definition) is 1. The van der Waals surface area contributed by atoms with Crippen LogP contribution >= 0.6 is 0 Å². The van der Waals surface area contributed by atoms with E-state index in [1.807, 2.05) is 24.7 Å². The van der Waals surface area contributed by atoms with E-state index in [0.29, 0.717) is 6.42 Å². The Morgan fingerprint density at radius 3 is 2.62 bits per heavy atom. The number of amides is 1. The third kappa shape index (κ3) is 9.01. The molecule has 0 radical (unpaired) electrons. The maximum Gasteiger partial charge on any atom is 0.220 e. The number of nitrogens with zero attached hydrogens (tertiary/aromatic N) is 3. The van der Waals surface area contributed by atoms with E-state index in [2.05, 4.69) is 36.4 Å². The molecule has 1 rings (SSSR count). The summed E-state index contributed by atoms with van der Waals surface area (Å²) in [5, 5.41) is 11.3. The molecule has 0 fully saturated rings. The zero-order valence-electron chi connectivity index (χ0n) is 15.9. The molecule has 1 aromatic rings. The van der Waals surface area contributed by atoms with Crippen molar-refractivity contribution in [2.75, 3.05) is 0 Å². The molecule has 0 bridgehead atoms. The van der Waals surface area contributed by atoms with Crippen molar-refractivity contribution in [1.82, 2.24) is 20.3 Å². The number of carbonyl (C=O) groups is 1. The van der Waals surface area contributed by atoms with Crippen molar-refractivity contribution in [3.8, 4) is 0 Å². The van der Waals surface area contributed by atoms with Crippen LogP contribution in [0.3, 0.4) is 0 Å². The number of nitrogens with one attached hydrogen (secondary N) is 1. The van der Waals surface area contributed by atoms with Crippen LogP contribution in [0.5, 0.6) is 0 Å². The number of unbranched alkanes of at least 4 members (excludes halogenated alkanes) is 2. The van der Waals surface area contributed by atoms with Crippen LogP contribution < -0.4 is 5.32 Å². The van der Waals surface area contributed by atoms with Gasteiger partial charge in [-0.2, -0.15) is 0 Å². The van der Waals surface area contributed by atoms with E-state index in [9.17, 15) is 4.79 Å². The normalized spacial score (nSPS) is 12.8. The van der Waals surface area contributed by atoms with E-state index >= 15 is 0 Å². The minimum absolute atomic E-state index is 0.142. The van der Waals surface area contributed by atoms with Gasteiger partial charge in [-0.25, -0.2) is 0 Å². The van der Waals surface area contributed by atoms with E-state index in [0.717, 1.165) is 44.3 Å². The number of aromatic nitrogens is 3. The molecule has 6 nitrogen and oxygen atoms in total. The first kappa shape index (κ1) is 20.6. The predicted molar refractivity (Wildman–Crippen MR) is 95.8 cm³/mol. The summed E-state index contributed by atoms with van der Waals surface area (Å²) in [5.74, 6) is 0.142. The molecule has 1 atom stereocenters. The Hall–Kier alpha value is -1.43. The molecule has 138 valence electrons. The van der Waals surface area contributed by atoms with E-state index in [4.69, 9.17) is 4.74 Å². The molecule has 6 heteroatoms. The molecule has 1 unspecified atom stereocenters. The zero-order chi connectivity index (χ0) is 17.9. The highest BCUT2D eigenvalue weighted by Crippen LogP contribution is 2.10. The molecular formula is C18H34N4O2. The number of carbonyl (C=O) groups excluding carboxylic acids is 1. The summed E-state index contributed by atoms with van der Waals surface area (Å²) in [6, 6.07) is 0.220. The van der Waals surface area contributed by atoms with Gasteiger partial charge in [0.15, 0.2) is 0 Å². The van der Waals surface area contributed by atoms with Crippen LogP contribution in [0.1, 0.15) is 72.4 Å². The van der Waals surface area contributed by atoms with Crippen molar-refractivity contribution >= 4 is 5.91 Å². The summed E-state index contributed by atoms with van der Waals surface area (Å²) in [6.45, 7) is 11.1. The van der Waals surface area contributed by atoms with Crippen molar-refractivity contribution in [2.24, 2.45) is 0 Å². The Morgan fingerprint density at radius 2 is 2.00 bits per heavy atom. The van der Waals surface area contributed by atoms with Gasteiger partial charge in [0, 0.05) is 31.6 Å². The summed E-state index contributed by atoms with van der Waals surface area (Å²) >= 11 is 0. The fraction of sp³-hybridized carbons (Fsp3) is 0.833. The average Bonchev–Trinajstić information content (AvgIpc) is 2.92. The quantitative estimate of drug-likeness (QED) is 0.595. The minimum atomic E-state index is 0.142. The standard InChI is InChI=1S/C18H34N4O2/c1-6-17(24-15(4)5)12-16-13-22(21-20-16)11-9-7-8-10-18(23)19-14(2)3/h13-15,17H,6-12H2,1-5H3,(H,19,23). The molecule has 1 N–H and O–H groups in total. The topological polar surface area (TPSA) is 69.0 Å². The van der Waals surface area contributed by atoms with Gasteiger partial charge in [-0.1, -0.05) is 18.6 Å². The van der Waals surface area contributed by atoms with Crippen molar-refractivity contribution in [1.29, 1.82) is 0 Å². The average molecular weight is 338 g/mol. The highest BCUT2D eigenvalue weighted by atomic mass is 16.5. The van der Waals surface area contributed by atoms with Gasteiger partial charge in [0.1, 0.15) is 0 Å². The van der Waals surface area contributed by atoms with Crippen LogP contribution in [0.15, 0.2) is 6.20 Å². The fourth-order valence-corrected chi connectivity index (χ4v) is 2.58. The first-order valence-electron chi connectivity index (χ1n) is 9.24. The Kier molecular flexibility index (Phi) is 9.60. The first-order valence-corrected chi connectivity index (χ1v) is 9.24. The Morgan fingerprint density at radius 1 is 1.25 bits per heavy atom. The van der Waals surface area contributed by atoms with Gasteiger partial charge in [-0.15, -0.1) is 5.10 Å². The minimum Gasteiger partial charge on any atom is -0.375 e. The lowest BCUT2D eigenvalue weighted by atomic mass is 10.1. The van der Waals surface area contributed by atoms with E-state index in [-0.39, 0.29) is 24.2 Å². The molecule has 0 saturated heterocycles. The lowest BCUT2D eigenvalue weighted by Crippen LogP contribution is -2.29. The highest BCUT2D eigenvalue weighted by Gasteiger charge is 2.12. The third-order valence-corrected chi connectivity index (χ3v) is 3.68. The van der Waals surface area contributed by atoms with Crippen molar-refractivity contribution in [2.45, 2.75) is 97.9 Å². The molecule has 1 heterocycles. The molecular weight excluding hydrogens is 304 g/mol. The van der Waals surface area contributed by atoms with Crippen molar-refractivity contribution in [3.63, 3.8) is 0 Å². The first-order chi connectivity index (χ1) is 11.4. The maximum absolute atomic E-state index is 11.5. The molecule has 1 aromatic heterocycles. The molecule has 1 amide bonds. The summed E-state index contributed by atoms with van der Waals surface area (Å²) < 4.78 is 7.76. The SMILES string of the molecule is CCC(Cc1cn(CCCCCC(=O)NC(C)C)nn1)OC(C)C. The molecule has 0 aliphatic rings. The van der Waals surface area contributed by atoms with Crippen molar-refractivity contribution in [3.05, 3.63) is 11.9 Å². The second-order valence-electron chi connectivity index (χ2n) is 6.93. The zero-order valence-corrected chi connectivity index (χ0v) is 15.9. The second-order valence-corrected chi connectivity index (χ2v) is 6.93. The molecule has 0 aliphatic carbocycles. The number of ether oxygens (including phenoxy) is 1. The van der Waals surface area contributed by atoms with Gasteiger partial charge in [-0.05, 0) is 47.0 Å². The van der Waals surface area contributed by atoms with Gasteiger partial charge in [0.05, 0.1) is 17.9 Å². The Labute approximate surface area is 146 Å². The van der Waals surface area contributed by atoms with E-state index < -0.39 is 0 Å². The predicted octanol–water partition coefficient (Wildman–Crippen LogP) is 3.11. The summed E-state index contributed by atoms with van der Waals surface area (Å²) in [4.78, 5) is 11.5. The van der Waals surface area contributed by atoms with Crippen LogP contribution in [-0.4, -0.2) is 39.2 Å². The lowest BCUT2D eigenvalue weighted by Gasteiger charge is -2.17. The molecule has 0 aromatic carbocycles. The summed E-state index contributed by atoms with van der Waals surface area (Å²) in [6.07, 6.45) is 7.79. The van der Waals surface area contributed by atoms with Gasteiger partial charge < -0.3 is 10.1 Å². The van der Waals surface area contributed by atoms with E-state index in [1.165, 1.54) is 0 Å². The molecule has 0 spiro atoms. The van der Waals surface area contributed by atoms with Crippen LogP contribution in [-0.2, 0) is 22.5 Å². The smallest absolute Gasteiger partial charge is 0.220 e. The summed E-state index contributed by atoms with van der Waals surface area (Å²) in [5.41, 5.74) is 0.985. The molecule has 0 aliphatic heterocycles. The van der Waals surface area contributed by atoms with Crippen molar-refractivity contribution < 1.29 is 9.53 Å². The van der Waals surface area contributed by atoms with Gasteiger partial charge in [0.2, 0.25) is 5.91 Å². The Balaban J connectivity index is 2.23.